The van der Waals surface area contributed by atoms with Crippen LogP contribution in [-0.2, 0) is 14.3 Å². The van der Waals surface area contributed by atoms with Crippen molar-refractivity contribution in [2.75, 3.05) is 0 Å². The molecular weight excluding hydrogens is 365 g/mol. The van der Waals surface area contributed by atoms with E-state index in [2.05, 4.69) is 17.3 Å². The van der Waals surface area contributed by atoms with E-state index in [1.54, 1.807) is 24.3 Å². The summed E-state index contributed by atoms with van der Waals surface area (Å²) in [6, 6.07) is 0. The number of rotatable bonds is 8. The minimum Gasteiger partial charge on any atom is -0.376 e. The highest BCUT2D eigenvalue weighted by atomic mass is 32.2. The van der Waals surface area contributed by atoms with E-state index in [0.717, 1.165) is 11.6 Å². The zero-order valence-electron chi connectivity index (χ0n) is 14.5. The van der Waals surface area contributed by atoms with Gasteiger partial charge >= 0.3 is 15.6 Å². The average Bonchev–Trinajstić information content (AvgIpc) is 2.94. The van der Waals surface area contributed by atoms with Gasteiger partial charge in [-0.05, 0) is 35.1 Å². The summed E-state index contributed by atoms with van der Waals surface area (Å²) < 4.78 is 64.3. The number of halogens is 3. The Balaban J connectivity index is 3.30. The van der Waals surface area contributed by atoms with Crippen LogP contribution in [0.15, 0.2) is 84.7 Å². The zero-order chi connectivity index (χ0) is 20.0. The molecule has 0 saturated heterocycles. The molecule has 3 nitrogen and oxygen atoms in total. The molecule has 1 aliphatic carbocycles. The Hall–Kier alpha value is -2.28. The van der Waals surface area contributed by atoms with Gasteiger partial charge in [0.1, 0.15) is 5.76 Å². The smallest absolute Gasteiger partial charge is 0.376 e. The van der Waals surface area contributed by atoms with Crippen molar-refractivity contribution in [1.29, 1.82) is 0 Å². The van der Waals surface area contributed by atoms with Crippen LogP contribution in [0.25, 0.3) is 0 Å². The van der Waals surface area contributed by atoms with Gasteiger partial charge in [-0.2, -0.15) is 21.6 Å². The molecule has 1 aliphatic rings. The molecule has 0 amide bonds. The molecule has 0 N–H and O–H groups in total. The second-order valence-electron chi connectivity index (χ2n) is 5.63. The van der Waals surface area contributed by atoms with E-state index in [-0.39, 0.29) is 11.8 Å². The van der Waals surface area contributed by atoms with Crippen LogP contribution in [0.5, 0.6) is 0 Å². The van der Waals surface area contributed by atoms with Gasteiger partial charge in [0.2, 0.25) is 0 Å². The van der Waals surface area contributed by atoms with Gasteiger partial charge in [-0.15, -0.1) is 0 Å². The number of allylic oxidation sites excluding steroid dienone is 11. The lowest BCUT2D eigenvalue weighted by Gasteiger charge is -2.14. The lowest BCUT2D eigenvalue weighted by Crippen LogP contribution is -2.25. The summed E-state index contributed by atoms with van der Waals surface area (Å²) in [5.74, 6) is -0.596. The molecule has 2 unspecified atom stereocenters. The average molecular weight is 386 g/mol. The second-order valence-corrected chi connectivity index (χ2v) is 7.17. The highest BCUT2D eigenvalue weighted by Gasteiger charge is 2.48. The minimum absolute atomic E-state index is 0.140. The fourth-order valence-corrected chi connectivity index (χ4v) is 2.55. The van der Waals surface area contributed by atoms with Crippen molar-refractivity contribution in [1.82, 2.24) is 0 Å². The molecule has 7 heteroatoms. The summed E-state index contributed by atoms with van der Waals surface area (Å²) in [6.45, 7) is 10.7. The van der Waals surface area contributed by atoms with E-state index in [0.29, 0.717) is 5.57 Å². The van der Waals surface area contributed by atoms with Gasteiger partial charge in [0.05, 0.1) is 0 Å². The van der Waals surface area contributed by atoms with Crippen LogP contribution in [-0.4, -0.2) is 13.9 Å². The largest absolute Gasteiger partial charge is 0.534 e. The van der Waals surface area contributed by atoms with Crippen LogP contribution in [0.2, 0.25) is 0 Å². The first-order chi connectivity index (χ1) is 12.0. The third-order valence-corrected chi connectivity index (χ3v) is 4.59. The Morgan fingerprint density at radius 3 is 2.46 bits per heavy atom. The fourth-order valence-electron chi connectivity index (χ4n) is 2.08. The Morgan fingerprint density at radius 1 is 1.35 bits per heavy atom. The zero-order valence-corrected chi connectivity index (χ0v) is 15.3. The standard InChI is InChI=1S/C19H21F3O3S/c1-5-7-9-15(4)17(12-16-11-8-10-14(16)3)13-18(6-2)25-26(23,24)19(20,21)22/h5-15H,1-2H2,3-4H3/b9-7-,17-12+,18-13+. The van der Waals surface area contributed by atoms with Crippen LogP contribution in [0.3, 0.4) is 0 Å². The monoisotopic (exact) mass is 386 g/mol. The molecular formula is C19H21F3O3S. The number of hydrogen-bond donors (Lipinski definition) is 0. The molecule has 0 aromatic heterocycles. The Kier molecular flexibility index (Phi) is 7.44. The molecule has 26 heavy (non-hydrogen) atoms. The molecule has 0 aliphatic heterocycles. The van der Waals surface area contributed by atoms with Crippen LogP contribution >= 0.6 is 0 Å². The summed E-state index contributed by atoms with van der Waals surface area (Å²) >= 11 is 0. The van der Waals surface area contributed by atoms with Crippen molar-refractivity contribution in [2.45, 2.75) is 19.4 Å². The van der Waals surface area contributed by atoms with Crippen molar-refractivity contribution in [3.8, 4) is 0 Å². The molecule has 0 bridgehead atoms. The highest BCUT2D eigenvalue weighted by Crippen LogP contribution is 2.29. The van der Waals surface area contributed by atoms with E-state index in [1.165, 1.54) is 6.08 Å². The predicted octanol–water partition coefficient (Wildman–Crippen LogP) is 5.36. The maximum Gasteiger partial charge on any atom is 0.534 e. The quantitative estimate of drug-likeness (QED) is 0.244. The van der Waals surface area contributed by atoms with Gasteiger partial charge in [0.25, 0.3) is 0 Å². The molecule has 142 valence electrons. The van der Waals surface area contributed by atoms with Gasteiger partial charge < -0.3 is 4.18 Å². The van der Waals surface area contributed by atoms with E-state index >= 15 is 0 Å². The van der Waals surface area contributed by atoms with Crippen LogP contribution in [0, 0.1) is 11.8 Å². The van der Waals surface area contributed by atoms with Crippen molar-refractivity contribution in [3.05, 3.63) is 84.7 Å². The minimum atomic E-state index is -5.76. The lowest BCUT2D eigenvalue weighted by molar-refractivity contribution is -0.0519. The molecule has 0 fully saturated rings. The maximum atomic E-state index is 12.5. The van der Waals surface area contributed by atoms with Crippen molar-refractivity contribution < 1.29 is 25.8 Å². The molecule has 0 radical (unpaired) electrons. The SMILES string of the molecule is C=C/C=C\C(C)C(=C/C1=CC=CC1C)/C=C(\C=C)OS(=O)(=O)C(F)(F)F. The summed E-state index contributed by atoms with van der Waals surface area (Å²) in [7, 11) is -5.76. The van der Waals surface area contributed by atoms with Gasteiger partial charge in [-0.1, -0.05) is 69.5 Å². The van der Waals surface area contributed by atoms with Crippen LogP contribution in [0.1, 0.15) is 13.8 Å². The summed E-state index contributed by atoms with van der Waals surface area (Å²) in [5, 5.41) is 0. The van der Waals surface area contributed by atoms with E-state index in [1.807, 2.05) is 32.1 Å². The normalized spacial score (nSPS) is 20.2. The topological polar surface area (TPSA) is 43.4 Å². The molecule has 0 spiro atoms. The van der Waals surface area contributed by atoms with E-state index < -0.39 is 21.4 Å². The van der Waals surface area contributed by atoms with Gasteiger partial charge in [-0.25, -0.2) is 0 Å². The summed E-state index contributed by atoms with van der Waals surface area (Å²) in [5.41, 5.74) is -4.01. The molecule has 0 saturated carbocycles. The highest BCUT2D eigenvalue weighted by molar-refractivity contribution is 7.87. The second kappa shape index (κ2) is 8.89. The summed E-state index contributed by atoms with van der Waals surface area (Å²) in [4.78, 5) is 0. The first-order valence-corrected chi connectivity index (χ1v) is 9.16. The lowest BCUT2D eigenvalue weighted by atomic mass is 9.94. The first-order valence-electron chi connectivity index (χ1n) is 7.76. The Labute approximate surface area is 152 Å². The first kappa shape index (κ1) is 21.8. The van der Waals surface area contributed by atoms with Gasteiger partial charge in [0, 0.05) is 0 Å². The van der Waals surface area contributed by atoms with Gasteiger partial charge in [-0.3, -0.25) is 0 Å². The van der Waals surface area contributed by atoms with E-state index in [4.69, 9.17) is 0 Å². The van der Waals surface area contributed by atoms with Crippen LogP contribution in [0.4, 0.5) is 13.2 Å². The Morgan fingerprint density at radius 2 is 2.00 bits per heavy atom. The van der Waals surface area contributed by atoms with Crippen LogP contribution < -0.4 is 0 Å². The Bertz CT molecular complexity index is 794. The molecule has 0 aromatic rings. The third kappa shape index (κ3) is 5.91. The number of alkyl halides is 3. The van der Waals surface area contributed by atoms with Crippen molar-refractivity contribution in [3.63, 3.8) is 0 Å². The van der Waals surface area contributed by atoms with Gasteiger partial charge in [0.15, 0.2) is 0 Å². The van der Waals surface area contributed by atoms with Crippen molar-refractivity contribution in [2.24, 2.45) is 11.8 Å². The number of hydrogen-bond acceptors (Lipinski definition) is 3. The molecule has 1 rings (SSSR count). The predicted molar refractivity (Wildman–Crippen MR) is 97.3 cm³/mol. The third-order valence-electron chi connectivity index (χ3n) is 3.61. The fraction of sp³-hybridized carbons (Fsp3) is 0.263. The molecule has 0 aromatic carbocycles. The van der Waals surface area contributed by atoms with E-state index in [9.17, 15) is 21.6 Å². The molecule has 0 heterocycles. The maximum absolute atomic E-state index is 12.5. The molecule has 2 atom stereocenters. The van der Waals surface area contributed by atoms with Crippen molar-refractivity contribution >= 4 is 10.1 Å². The summed E-state index contributed by atoms with van der Waals surface area (Å²) in [6.07, 6.45) is 14.7.